The number of likely N-dealkylation sites (tertiary alicyclic amines) is 1. The van der Waals surface area contributed by atoms with Crippen LogP contribution in [0.2, 0.25) is 5.02 Å². The molecule has 1 N–H and O–H groups in total. The highest BCUT2D eigenvalue weighted by Crippen LogP contribution is 2.45. The largest absolute Gasteiger partial charge is 0.375 e. The second-order valence-corrected chi connectivity index (χ2v) is 11.5. The van der Waals surface area contributed by atoms with E-state index >= 15 is 0 Å². The lowest BCUT2D eigenvalue weighted by molar-refractivity contribution is -0.148. The Bertz CT molecular complexity index is 847. The molecule has 2 amide bonds. The number of ether oxygens (including phenoxy) is 1. The van der Waals surface area contributed by atoms with E-state index in [1.165, 1.54) is 5.56 Å². The van der Waals surface area contributed by atoms with Crippen LogP contribution in [0.3, 0.4) is 0 Å². The number of hydrogen-bond donors (Lipinski definition) is 1. The Morgan fingerprint density at radius 3 is 2.38 bits per heavy atom. The fourth-order valence-electron chi connectivity index (χ4n) is 5.90. The van der Waals surface area contributed by atoms with Crippen molar-refractivity contribution >= 4 is 23.4 Å². The van der Waals surface area contributed by atoms with E-state index in [0.717, 1.165) is 43.7 Å². The Morgan fingerprint density at radius 1 is 1.16 bits per heavy atom. The minimum atomic E-state index is -0.482. The van der Waals surface area contributed by atoms with Crippen LogP contribution < -0.4 is 5.32 Å². The predicted molar refractivity (Wildman–Crippen MR) is 127 cm³/mol. The second kappa shape index (κ2) is 8.98. The van der Waals surface area contributed by atoms with Crippen LogP contribution in [-0.4, -0.2) is 48.1 Å². The van der Waals surface area contributed by atoms with Crippen molar-refractivity contribution in [1.29, 1.82) is 0 Å². The van der Waals surface area contributed by atoms with Crippen molar-refractivity contribution in [3.8, 4) is 0 Å². The molecule has 3 aliphatic rings. The number of hydrogen-bond acceptors (Lipinski definition) is 3. The van der Waals surface area contributed by atoms with Gasteiger partial charge in [-0.3, -0.25) is 9.59 Å². The molecule has 5 nitrogen and oxygen atoms in total. The number of piperidine rings is 1. The van der Waals surface area contributed by atoms with Crippen LogP contribution in [0.15, 0.2) is 24.3 Å². The Hall–Kier alpha value is -1.59. The summed E-state index contributed by atoms with van der Waals surface area (Å²) >= 11 is 6.07. The zero-order valence-corrected chi connectivity index (χ0v) is 20.6. The number of carbonyl (C=O) groups excluding carboxylic acids is 2. The average Bonchev–Trinajstić information content (AvgIpc) is 3.18. The van der Waals surface area contributed by atoms with E-state index in [4.69, 9.17) is 16.3 Å². The number of benzene rings is 1. The van der Waals surface area contributed by atoms with Crippen LogP contribution >= 0.6 is 11.6 Å². The number of amides is 2. The minimum Gasteiger partial charge on any atom is -0.375 e. The van der Waals surface area contributed by atoms with Crippen LogP contribution in [0.4, 0.5) is 0 Å². The summed E-state index contributed by atoms with van der Waals surface area (Å²) in [6.45, 7) is 10.7. The highest BCUT2D eigenvalue weighted by Gasteiger charge is 2.48. The van der Waals surface area contributed by atoms with Crippen LogP contribution in [0.5, 0.6) is 0 Å². The van der Waals surface area contributed by atoms with Gasteiger partial charge in [-0.2, -0.15) is 0 Å². The molecule has 4 atom stereocenters. The summed E-state index contributed by atoms with van der Waals surface area (Å²) < 4.78 is 5.77. The fraction of sp³-hybridized carbons (Fsp3) is 0.692. The van der Waals surface area contributed by atoms with Crippen molar-refractivity contribution in [2.75, 3.05) is 19.7 Å². The fourth-order valence-corrected chi connectivity index (χ4v) is 6.03. The molecular formula is C26H37ClN2O3. The van der Waals surface area contributed by atoms with Crippen LogP contribution in [0, 0.1) is 17.3 Å². The molecule has 1 aliphatic carbocycles. The second-order valence-electron chi connectivity index (χ2n) is 11.1. The van der Waals surface area contributed by atoms with E-state index in [1.807, 2.05) is 30.9 Å². The summed E-state index contributed by atoms with van der Waals surface area (Å²) in [5.41, 5.74) is 1.15. The molecule has 4 rings (SSSR count). The lowest BCUT2D eigenvalue weighted by Gasteiger charge is -2.46. The van der Waals surface area contributed by atoms with Gasteiger partial charge in [-0.1, -0.05) is 51.4 Å². The van der Waals surface area contributed by atoms with Crippen LogP contribution in [0.1, 0.15) is 71.3 Å². The quantitative estimate of drug-likeness (QED) is 0.687. The van der Waals surface area contributed by atoms with Gasteiger partial charge >= 0.3 is 0 Å². The standard InChI is InChI=1S/C26H37ClN2O3/c1-17(2)22(28-23(30)19-9-11-26(15-19)12-14-32-26)24(31)29-13-10-21(25(3,4)16-29)18-5-7-20(27)8-6-18/h5-8,17,19,21-22H,9-16H2,1-4H3,(H,28,30). The van der Waals surface area contributed by atoms with Crippen molar-refractivity contribution < 1.29 is 14.3 Å². The average molecular weight is 461 g/mol. The molecular weight excluding hydrogens is 424 g/mol. The van der Waals surface area contributed by atoms with E-state index in [9.17, 15) is 9.59 Å². The molecule has 1 spiro atoms. The topological polar surface area (TPSA) is 58.6 Å². The summed E-state index contributed by atoms with van der Waals surface area (Å²) in [6, 6.07) is 7.60. The number of nitrogens with zero attached hydrogens (tertiary/aromatic N) is 1. The first-order valence-corrected chi connectivity index (χ1v) is 12.5. The summed E-state index contributed by atoms with van der Waals surface area (Å²) in [6.07, 6.45) is 4.56. The molecule has 2 heterocycles. The van der Waals surface area contributed by atoms with Gasteiger partial charge in [-0.25, -0.2) is 0 Å². The molecule has 176 valence electrons. The Morgan fingerprint density at radius 2 is 1.84 bits per heavy atom. The smallest absolute Gasteiger partial charge is 0.245 e. The summed E-state index contributed by atoms with van der Waals surface area (Å²) in [5.74, 6) is 0.423. The highest BCUT2D eigenvalue weighted by atomic mass is 35.5. The molecule has 0 radical (unpaired) electrons. The van der Waals surface area contributed by atoms with Crippen LogP contribution in [-0.2, 0) is 14.3 Å². The Balaban J connectivity index is 1.40. The van der Waals surface area contributed by atoms with Crippen molar-refractivity contribution in [2.24, 2.45) is 17.3 Å². The van der Waals surface area contributed by atoms with Gasteiger partial charge in [0.1, 0.15) is 6.04 Å². The normalized spacial score (nSPS) is 30.2. The first kappa shape index (κ1) is 23.6. The Labute approximate surface area is 197 Å². The molecule has 4 unspecified atom stereocenters. The van der Waals surface area contributed by atoms with E-state index in [2.05, 4.69) is 31.3 Å². The number of carbonyl (C=O) groups is 2. The minimum absolute atomic E-state index is 0.0136. The first-order chi connectivity index (χ1) is 15.1. The third-order valence-corrected chi connectivity index (χ3v) is 8.20. The SMILES string of the molecule is CC(C)C(NC(=O)C1CCC2(CCO2)C1)C(=O)N1CCC(c2ccc(Cl)cc2)C(C)(C)C1. The molecule has 0 bridgehead atoms. The van der Waals surface area contributed by atoms with Crippen molar-refractivity contribution in [3.05, 3.63) is 34.9 Å². The molecule has 6 heteroatoms. The third-order valence-electron chi connectivity index (χ3n) is 7.95. The Kier molecular flexibility index (Phi) is 6.61. The van der Waals surface area contributed by atoms with E-state index in [-0.39, 0.29) is 34.7 Å². The number of halogens is 1. The molecule has 3 fully saturated rings. The van der Waals surface area contributed by atoms with E-state index in [1.54, 1.807) is 0 Å². The lowest BCUT2D eigenvalue weighted by Crippen LogP contribution is -2.56. The van der Waals surface area contributed by atoms with E-state index < -0.39 is 6.04 Å². The number of nitrogens with one attached hydrogen (secondary N) is 1. The molecule has 1 aromatic rings. The van der Waals surface area contributed by atoms with Gasteiger partial charge in [-0.15, -0.1) is 0 Å². The lowest BCUT2D eigenvalue weighted by atomic mass is 9.70. The maximum absolute atomic E-state index is 13.5. The van der Waals surface area contributed by atoms with E-state index in [0.29, 0.717) is 19.0 Å². The van der Waals surface area contributed by atoms with Crippen molar-refractivity contribution in [2.45, 2.75) is 77.4 Å². The zero-order chi connectivity index (χ0) is 23.1. The molecule has 2 saturated heterocycles. The van der Waals surface area contributed by atoms with Gasteiger partial charge in [0.2, 0.25) is 11.8 Å². The van der Waals surface area contributed by atoms with Gasteiger partial charge in [0.25, 0.3) is 0 Å². The summed E-state index contributed by atoms with van der Waals surface area (Å²) in [4.78, 5) is 28.5. The highest BCUT2D eigenvalue weighted by molar-refractivity contribution is 6.30. The van der Waals surface area contributed by atoms with Gasteiger partial charge < -0.3 is 15.0 Å². The maximum atomic E-state index is 13.5. The monoisotopic (exact) mass is 460 g/mol. The molecule has 0 aromatic heterocycles. The van der Waals surface area contributed by atoms with Crippen molar-refractivity contribution in [3.63, 3.8) is 0 Å². The molecule has 2 aliphatic heterocycles. The van der Waals surface area contributed by atoms with Gasteiger partial charge in [0, 0.05) is 24.0 Å². The first-order valence-electron chi connectivity index (χ1n) is 12.1. The maximum Gasteiger partial charge on any atom is 0.245 e. The number of rotatable bonds is 5. The summed E-state index contributed by atoms with van der Waals surface area (Å²) in [7, 11) is 0. The van der Waals surface area contributed by atoms with Gasteiger partial charge in [0.15, 0.2) is 0 Å². The predicted octanol–water partition coefficient (Wildman–Crippen LogP) is 4.78. The van der Waals surface area contributed by atoms with Crippen molar-refractivity contribution in [1.82, 2.24) is 10.2 Å². The molecule has 1 aromatic carbocycles. The summed E-state index contributed by atoms with van der Waals surface area (Å²) in [5, 5.41) is 3.86. The zero-order valence-electron chi connectivity index (χ0n) is 19.8. The van der Waals surface area contributed by atoms with Crippen LogP contribution in [0.25, 0.3) is 0 Å². The van der Waals surface area contributed by atoms with Gasteiger partial charge in [0.05, 0.1) is 12.2 Å². The molecule has 1 saturated carbocycles. The third kappa shape index (κ3) is 4.70. The molecule has 32 heavy (non-hydrogen) atoms. The van der Waals surface area contributed by atoms with Gasteiger partial charge in [-0.05, 0) is 67.1 Å².